The molecule has 3 N–H and O–H groups in total. The molecule has 1 aromatic heterocycles. The lowest BCUT2D eigenvalue weighted by atomic mass is 9.85. The Hall–Kier alpha value is -5.97. The number of fused-ring (bicyclic) bond motifs is 4. The number of halogens is 2. The molecule has 2 bridgehead atoms. The van der Waals surface area contributed by atoms with Crippen molar-refractivity contribution < 1.29 is 33.1 Å². The molecule has 17 heteroatoms. The summed E-state index contributed by atoms with van der Waals surface area (Å²) in [7, 11) is 0. The van der Waals surface area contributed by atoms with Gasteiger partial charge in [0.25, 0.3) is 11.8 Å². The molecule has 10 rings (SSSR count). The van der Waals surface area contributed by atoms with Crippen LogP contribution >= 0.6 is 11.6 Å². The molecule has 0 saturated carbocycles. The Morgan fingerprint density at radius 1 is 0.967 bits per heavy atom. The zero-order chi connectivity index (χ0) is 42.4. The predicted octanol–water partition coefficient (Wildman–Crippen LogP) is 5.14. The van der Waals surface area contributed by atoms with Gasteiger partial charge in [0.05, 0.1) is 34.0 Å². The fourth-order valence-electron chi connectivity index (χ4n) is 9.41. The van der Waals surface area contributed by atoms with E-state index in [1.807, 2.05) is 6.07 Å². The number of ether oxygens (including phenoxy) is 1. The summed E-state index contributed by atoms with van der Waals surface area (Å²) in [5, 5.41) is 8.83. The molecule has 316 valence electrons. The molecular weight excluding hydrogens is 805 g/mol. The number of hydrogen-bond acceptors (Lipinski definition) is 12. The Balaban J connectivity index is 0.745. The standard InChI is InChI=1S/C44H45ClFN9O6/c1-2-39(56)50-36-19-32-35(47-24-48-41(32)49-26-4-7-34(46)33(45)16-26)20-38(36)61-15-3-12-52-13-10-25(11-14-52)21-53-22-28-17-29(23-53)54(28)27-5-6-30-31(18-27)44(60)55(43(30)59)37-8-9-40(57)51-42(37)58/h2,4-7,16,18-20,24-25,28-29,37H,1,3,8-15,17,21-23H2,(H,50,56)(H,47,48,49)(H,51,57,58). The van der Waals surface area contributed by atoms with Gasteiger partial charge in [-0.1, -0.05) is 18.2 Å². The van der Waals surface area contributed by atoms with E-state index in [-0.39, 0.29) is 23.8 Å². The second kappa shape index (κ2) is 16.8. The van der Waals surface area contributed by atoms with Gasteiger partial charge in [-0.25, -0.2) is 14.4 Å². The van der Waals surface area contributed by atoms with E-state index in [9.17, 15) is 28.4 Å². The van der Waals surface area contributed by atoms with E-state index >= 15 is 0 Å². The van der Waals surface area contributed by atoms with Gasteiger partial charge in [0.15, 0.2) is 0 Å². The van der Waals surface area contributed by atoms with Crippen LogP contribution in [0.3, 0.4) is 0 Å². The van der Waals surface area contributed by atoms with Crippen LogP contribution in [0.25, 0.3) is 10.9 Å². The lowest BCUT2D eigenvalue weighted by Gasteiger charge is -2.58. The zero-order valence-electron chi connectivity index (χ0n) is 33.4. The summed E-state index contributed by atoms with van der Waals surface area (Å²) in [5.74, 6) is -1.35. The summed E-state index contributed by atoms with van der Waals surface area (Å²) in [6.07, 6.45) is 6.94. The molecule has 7 heterocycles. The number of carbonyl (C=O) groups excluding carboxylic acids is 5. The number of piperazine rings is 1. The van der Waals surface area contributed by atoms with Crippen molar-refractivity contribution in [3.8, 4) is 5.75 Å². The maximum atomic E-state index is 13.7. The summed E-state index contributed by atoms with van der Waals surface area (Å²) in [4.78, 5) is 80.4. The first-order chi connectivity index (χ1) is 29.5. The van der Waals surface area contributed by atoms with Crippen LogP contribution in [0.15, 0.2) is 67.5 Å². The number of hydrogen-bond donors (Lipinski definition) is 3. The fraction of sp³-hybridized carbons (Fsp3) is 0.386. The molecule has 5 saturated heterocycles. The minimum absolute atomic E-state index is 0.0230. The van der Waals surface area contributed by atoms with Gasteiger partial charge < -0.3 is 25.2 Å². The van der Waals surface area contributed by atoms with E-state index < -0.39 is 35.5 Å². The molecule has 0 aliphatic carbocycles. The fourth-order valence-corrected chi connectivity index (χ4v) is 9.59. The van der Waals surface area contributed by atoms with Gasteiger partial charge in [-0.15, -0.1) is 0 Å². The Morgan fingerprint density at radius 2 is 1.75 bits per heavy atom. The van der Waals surface area contributed by atoms with Crippen molar-refractivity contribution in [1.29, 1.82) is 0 Å². The monoisotopic (exact) mass is 849 g/mol. The summed E-state index contributed by atoms with van der Waals surface area (Å²) in [5.41, 5.74) is 3.12. The van der Waals surface area contributed by atoms with Gasteiger partial charge in [0.1, 0.15) is 29.8 Å². The normalized spacial score (nSPS) is 21.9. The summed E-state index contributed by atoms with van der Waals surface area (Å²) >= 11 is 5.98. The van der Waals surface area contributed by atoms with Gasteiger partial charge in [0, 0.05) is 67.5 Å². The zero-order valence-corrected chi connectivity index (χ0v) is 34.1. The molecule has 61 heavy (non-hydrogen) atoms. The SMILES string of the molecule is C=CC(=O)Nc1cc2c(Nc3ccc(F)c(Cl)c3)ncnc2cc1OCCCN1CCC(CN2CC3CC(C2)N3c2ccc3c(c2)C(=O)N(C2CCC(=O)NC2=O)C3=O)CC1. The Labute approximate surface area is 356 Å². The number of carbonyl (C=O) groups is 5. The summed E-state index contributed by atoms with van der Waals surface area (Å²) < 4.78 is 20.0. The maximum Gasteiger partial charge on any atom is 0.262 e. The maximum absolute atomic E-state index is 13.7. The van der Waals surface area contributed by atoms with Crippen LogP contribution in [0.2, 0.25) is 5.02 Å². The molecule has 3 unspecified atom stereocenters. The van der Waals surface area contributed by atoms with E-state index in [0.717, 1.165) is 75.5 Å². The van der Waals surface area contributed by atoms with E-state index in [4.69, 9.17) is 16.3 Å². The molecule has 3 aromatic carbocycles. The smallest absolute Gasteiger partial charge is 0.262 e. The number of imide groups is 2. The minimum Gasteiger partial charge on any atom is -0.491 e. The Morgan fingerprint density at radius 3 is 2.51 bits per heavy atom. The van der Waals surface area contributed by atoms with Crippen molar-refractivity contribution >= 4 is 74.9 Å². The molecule has 5 fully saturated rings. The number of nitrogens with zero attached hydrogens (tertiary/aromatic N) is 6. The Bertz CT molecular complexity index is 2450. The highest BCUT2D eigenvalue weighted by Gasteiger charge is 2.48. The third kappa shape index (κ3) is 8.14. The van der Waals surface area contributed by atoms with Crippen LogP contribution in [0.1, 0.15) is 59.2 Å². The predicted molar refractivity (Wildman–Crippen MR) is 227 cm³/mol. The second-order valence-electron chi connectivity index (χ2n) is 16.4. The Kier molecular flexibility index (Phi) is 11.2. The first-order valence-corrected chi connectivity index (χ1v) is 21.1. The van der Waals surface area contributed by atoms with Crippen molar-refractivity contribution in [3.05, 3.63) is 89.5 Å². The van der Waals surface area contributed by atoms with Gasteiger partial charge in [-0.3, -0.25) is 39.1 Å². The third-order valence-corrected chi connectivity index (χ3v) is 12.7. The van der Waals surface area contributed by atoms with Crippen molar-refractivity contribution in [2.75, 3.05) is 61.4 Å². The number of piperidine rings is 3. The van der Waals surface area contributed by atoms with E-state index in [1.165, 1.54) is 24.5 Å². The number of likely N-dealkylation sites (tertiary alicyclic amines) is 1. The van der Waals surface area contributed by atoms with Crippen LogP contribution in [0, 0.1) is 11.7 Å². The number of aromatic nitrogens is 2. The molecule has 3 atom stereocenters. The van der Waals surface area contributed by atoms with Crippen LogP contribution in [0.4, 0.5) is 27.3 Å². The summed E-state index contributed by atoms with van der Waals surface area (Å²) in [6, 6.07) is 12.9. The van der Waals surface area contributed by atoms with Crippen molar-refractivity contribution in [1.82, 2.24) is 30.0 Å². The van der Waals surface area contributed by atoms with Crippen LogP contribution in [-0.4, -0.2) is 118 Å². The lowest BCUT2D eigenvalue weighted by molar-refractivity contribution is -0.136. The van der Waals surface area contributed by atoms with Crippen LogP contribution < -0.4 is 25.6 Å². The highest BCUT2D eigenvalue weighted by Crippen LogP contribution is 2.40. The first kappa shape index (κ1) is 40.4. The molecule has 15 nitrogen and oxygen atoms in total. The molecule has 0 spiro atoms. The van der Waals surface area contributed by atoms with Crippen molar-refractivity contribution in [2.24, 2.45) is 5.92 Å². The molecule has 5 amide bonds. The van der Waals surface area contributed by atoms with Gasteiger partial charge in [-0.05, 0) is 99.7 Å². The van der Waals surface area contributed by atoms with Gasteiger partial charge in [-0.2, -0.15) is 0 Å². The third-order valence-electron chi connectivity index (χ3n) is 12.5. The molecule has 0 radical (unpaired) electrons. The quantitative estimate of drug-likeness (QED) is 0.0923. The lowest BCUT2D eigenvalue weighted by Crippen LogP contribution is -2.69. The van der Waals surface area contributed by atoms with E-state index in [2.05, 4.69) is 47.2 Å². The molecular formula is C44H45ClFN9O6. The summed E-state index contributed by atoms with van der Waals surface area (Å²) in [6.45, 7) is 9.85. The highest BCUT2D eigenvalue weighted by atomic mass is 35.5. The van der Waals surface area contributed by atoms with Crippen LogP contribution in [0.5, 0.6) is 5.75 Å². The number of anilines is 4. The van der Waals surface area contributed by atoms with Gasteiger partial charge in [0.2, 0.25) is 17.7 Å². The van der Waals surface area contributed by atoms with E-state index in [1.54, 1.807) is 30.3 Å². The number of benzene rings is 3. The topological polar surface area (TPSA) is 169 Å². The average Bonchev–Trinajstić information content (AvgIpc) is 3.49. The second-order valence-corrected chi connectivity index (χ2v) is 16.8. The highest BCUT2D eigenvalue weighted by molar-refractivity contribution is 6.31. The number of nitrogens with one attached hydrogen (secondary N) is 3. The minimum atomic E-state index is -0.978. The van der Waals surface area contributed by atoms with Crippen LogP contribution in [-0.2, 0) is 14.4 Å². The number of amides is 5. The first-order valence-electron chi connectivity index (χ1n) is 20.7. The van der Waals surface area contributed by atoms with Gasteiger partial charge >= 0.3 is 0 Å². The van der Waals surface area contributed by atoms with Crippen molar-refractivity contribution in [3.63, 3.8) is 0 Å². The van der Waals surface area contributed by atoms with Crippen molar-refractivity contribution in [2.45, 2.75) is 56.7 Å². The molecule has 6 aliphatic heterocycles. The molecule has 6 aliphatic rings. The molecule has 4 aromatic rings. The largest absolute Gasteiger partial charge is 0.491 e. The average molecular weight is 850 g/mol. The number of rotatable bonds is 13. The van der Waals surface area contributed by atoms with E-state index in [0.29, 0.717) is 69.6 Å².